The third-order valence-electron chi connectivity index (χ3n) is 3.95. The van der Waals surface area contributed by atoms with Gasteiger partial charge in [-0.15, -0.1) is 0 Å². The number of ether oxygens (including phenoxy) is 1. The van der Waals surface area contributed by atoms with Crippen LogP contribution in [0.3, 0.4) is 0 Å². The number of rotatable bonds is 6. The number of esters is 1. The third kappa shape index (κ3) is 3.92. The predicted octanol–water partition coefficient (Wildman–Crippen LogP) is 4.02. The Hall–Kier alpha value is -1.64. The van der Waals surface area contributed by atoms with Crippen LogP contribution in [0.4, 0.5) is 0 Å². The van der Waals surface area contributed by atoms with Gasteiger partial charge in [-0.3, -0.25) is 4.79 Å². The standard InChI is InChI=1S/C17H22O3/c1-2-20-17(19)15-9-5-8-14(12-15)16(18)11-10-13-6-3-4-7-13/h5,8-9,12-13H,2-4,6-7,10-11H2,1H3. The predicted molar refractivity (Wildman–Crippen MR) is 77.9 cm³/mol. The van der Waals surface area contributed by atoms with E-state index < -0.39 is 0 Å². The van der Waals surface area contributed by atoms with Crippen molar-refractivity contribution in [1.82, 2.24) is 0 Å². The molecular weight excluding hydrogens is 252 g/mol. The number of hydrogen-bond acceptors (Lipinski definition) is 3. The molecule has 1 aliphatic carbocycles. The van der Waals surface area contributed by atoms with Gasteiger partial charge >= 0.3 is 5.97 Å². The Kier molecular flexibility index (Phi) is 5.33. The van der Waals surface area contributed by atoms with E-state index in [1.54, 1.807) is 31.2 Å². The molecule has 1 saturated carbocycles. The van der Waals surface area contributed by atoms with Crippen molar-refractivity contribution in [2.24, 2.45) is 5.92 Å². The Labute approximate surface area is 120 Å². The van der Waals surface area contributed by atoms with E-state index in [4.69, 9.17) is 4.74 Å². The molecule has 1 aromatic carbocycles. The van der Waals surface area contributed by atoms with Gasteiger partial charge in [-0.25, -0.2) is 4.79 Å². The second-order valence-corrected chi connectivity index (χ2v) is 5.41. The fourth-order valence-electron chi connectivity index (χ4n) is 2.81. The molecule has 0 unspecified atom stereocenters. The molecule has 108 valence electrons. The maximum Gasteiger partial charge on any atom is 0.338 e. The Morgan fingerprint density at radius 2 is 1.90 bits per heavy atom. The van der Waals surface area contributed by atoms with Gasteiger partial charge in [0.1, 0.15) is 0 Å². The topological polar surface area (TPSA) is 43.4 Å². The normalized spacial score (nSPS) is 15.2. The number of Topliss-reactive ketones (excluding diaryl/α,β-unsaturated/α-hetero) is 1. The molecule has 0 N–H and O–H groups in total. The van der Waals surface area contributed by atoms with Gasteiger partial charge < -0.3 is 4.74 Å². The van der Waals surface area contributed by atoms with Crippen LogP contribution in [0.2, 0.25) is 0 Å². The van der Waals surface area contributed by atoms with Gasteiger partial charge in [-0.05, 0) is 31.4 Å². The minimum atomic E-state index is -0.363. The van der Waals surface area contributed by atoms with E-state index in [2.05, 4.69) is 0 Å². The highest BCUT2D eigenvalue weighted by atomic mass is 16.5. The van der Waals surface area contributed by atoms with Gasteiger partial charge in [0.2, 0.25) is 0 Å². The van der Waals surface area contributed by atoms with Crippen LogP contribution in [0.1, 0.15) is 66.2 Å². The highest BCUT2D eigenvalue weighted by molar-refractivity contribution is 5.99. The van der Waals surface area contributed by atoms with Crippen molar-refractivity contribution in [1.29, 1.82) is 0 Å². The molecule has 0 aliphatic heterocycles. The Morgan fingerprint density at radius 1 is 1.20 bits per heavy atom. The van der Waals surface area contributed by atoms with Gasteiger partial charge in [-0.2, -0.15) is 0 Å². The summed E-state index contributed by atoms with van der Waals surface area (Å²) in [7, 11) is 0. The summed E-state index contributed by atoms with van der Waals surface area (Å²) >= 11 is 0. The number of carbonyl (C=O) groups excluding carboxylic acids is 2. The van der Waals surface area contributed by atoms with Crippen LogP contribution in [0.25, 0.3) is 0 Å². The summed E-state index contributed by atoms with van der Waals surface area (Å²) in [5.74, 6) is 0.480. The molecule has 1 fully saturated rings. The molecule has 2 rings (SSSR count). The largest absolute Gasteiger partial charge is 0.462 e. The monoisotopic (exact) mass is 274 g/mol. The first-order valence-electron chi connectivity index (χ1n) is 7.51. The number of carbonyl (C=O) groups is 2. The Bertz CT molecular complexity index is 473. The maximum atomic E-state index is 12.2. The van der Waals surface area contributed by atoms with Crippen molar-refractivity contribution in [3.8, 4) is 0 Å². The molecule has 0 saturated heterocycles. The average Bonchev–Trinajstić information content (AvgIpc) is 2.98. The summed E-state index contributed by atoms with van der Waals surface area (Å²) in [4.78, 5) is 23.8. The summed E-state index contributed by atoms with van der Waals surface area (Å²) in [6, 6.07) is 6.86. The third-order valence-corrected chi connectivity index (χ3v) is 3.95. The smallest absolute Gasteiger partial charge is 0.338 e. The summed E-state index contributed by atoms with van der Waals surface area (Å²) < 4.78 is 4.95. The SMILES string of the molecule is CCOC(=O)c1cccc(C(=O)CCC2CCCC2)c1. The molecule has 1 aliphatic rings. The molecule has 0 spiro atoms. The molecule has 1 aromatic rings. The highest BCUT2D eigenvalue weighted by Crippen LogP contribution is 2.29. The molecule has 20 heavy (non-hydrogen) atoms. The Morgan fingerprint density at radius 3 is 2.60 bits per heavy atom. The molecule has 0 heterocycles. The first-order valence-corrected chi connectivity index (χ1v) is 7.51. The van der Waals surface area contributed by atoms with Crippen LogP contribution in [-0.2, 0) is 4.74 Å². The molecule has 3 nitrogen and oxygen atoms in total. The van der Waals surface area contributed by atoms with Crippen LogP contribution >= 0.6 is 0 Å². The van der Waals surface area contributed by atoms with Crippen LogP contribution in [0, 0.1) is 5.92 Å². The van der Waals surface area contributed by atoms with Crippen molar-refractivity contribution >= 4 is 11.8 Å². The molecule has 0 amide bonds. The minimum Gasteiger partial charge on any atom is -0.462 e. The average molecular weight is 274 g/mol. The summed E-state index contributed by atoms with van der Waals surface area (Å²) in [5, 5.41) is 0. The van der Waals surface area contributed by atoms with Crippen molar-refractivity contribution < 1.29 is 14.3 Å². The van der Waals surface area contributed by atoms with Crippen molar-refractivity contribution in [3.63, 3.8) is 0 Å². The molecule has 3 heteroatoms. The first-order chi connectivity index (χ1) is 9.70. The zero-order valence-electron chi connectivity index (χ0n) is 12.1. The van der Waals surface area contributed by atoms with Gasteiger partial charge in [-0.1, -0.05) is 37.8 Å². The maximum absolute atomic E-state index is 12.2. The van der Waals surface area contributed by atoms with E-state index >= 15 is 0 Å². The zero-order chi connectivity index (χ0) is 14.4. The van der Waals surface area contributed by atoms with E-state index in [0.717, 1.165) is 6.42 Å². The van der Waals surface area contributed by atoms with E-state index in [-0.39, 0.29) is 11.8 Å². The molecular formula is C17H22O3. The lowest BCUT2D eigenvalue weighted by molar-refractivity contribution is 0.0526. The second-order valence-electron chi connectivity index (χ2n) is 5.41. The van der Waals surface area contributed by atoms with Gasteiger partial charge in [0.25, 0.3) is 0 Å². The first kappa shape index (κ1) is 14.8. The lowest BCUT2D eigenvalue weighted by Gasteiger charge is -2.08. The highest BCUT2D eigenvalue weighted by Gasteiger charge is 2.17. The number of benzene rings is 1. The quantitative estimate of drug-likeness (QED) is 0.581. The van der Waals surface area contributed by atoms with Gasteiger partial charge in [0.05, 0.1) is 12.2 Å². The van der Waals surface area contributed by atoms with E-state index in [9.17, 15) is 9.59 Å². The summed E-state index contributed by atoms with van der Waals surface area (Å²) in [6.07, 6.45) is 6.68. The lowest BCUT2D eigenvalue weighted by Crippen LogP contribution is -2.07. The van der Waals surface area contributed by atoms with Crippen molar-refractivity contribution in [2.45, 2.75) is 45.4 Å². The lowest BCUT2D eigenvalue weighted by atomic mass is 9.97. The minimum absolute atomic E-state index is 0.128. The molecule has 0 aromatic heterocycles. The van der Waals surface area contributed by atoms with Crippen LogP contribution in [0.5, 0.6) is 0 Å². The molecule has 0 atom stereocenters. The van der Waals surface area contributed by atoms with Crippen LogP contribution < -0.4 is 0 Å². The van der Waals surface area contributed by atoms with Crippen molar-refractivity contribution in [2.75, 3.05) is 6.61 Å². The number of hydrogen-bond donors (Lipinski definition) is 0. The van der Waals surface area contributed by atoms with Crippen LogP contribution in [0.15, 0.2) is 24.3 Å². The van der Waals surface area contributed by atoms with E-state index in [1.807, 2.05) is 0 Å². The van der Waals surface area contributed by atoms with Gasteiger partial charge in [0.15, 0.2) is 5.78 Å². The van der Waals surface area contributed by atoms with Crippen LogP contribution in [-0.4, -0.2) is 18.4 Å². The fraction of sp³-hybridized carbons (Fsp3) is 0.529. The summed E-state index contributed by atoms with van der Waals surface area (Å²) in [6.45, 7) is 2.12. The number of ketones is 1. The van der Waals surface area contributed by atoms with Gasteiger partial charge in [0, 0.05) is 12.0 Å². The molecule has 0 radical (unpaired) electrons. The Balaban J connectivity index is 1.95. The van der Waals surface area contributed by atoms with E-state index in [0.29, 0.717) is 30.1 Å². The fourth-order valence-corrected chi connectivity index (χ4v) is 2.81. The van der Waals surface area contributed by atoms with Crippen molar-refractivity contribution in [3.05, 3.63) is 35.4 Å². The van der Waals surface area contributed by atoms with E-state index in [1.165, 1.54) is 25.7 Å². The molecule has 0 bridgehead atoms. The summed E-state index contributed by atoms with van der Waals surface area (Å²) in [5.41, 5.74) is 1.08. The second kappa shape index (κ2) is 7.22. The zero-order valence-corrected chi connectivity index (χ0v) is 12.1.